The third-order valence-electron chi connectivity index (χ3n) is 6.31. The predicted molar refractivity (Wildman–Crippen MR) is 104 cm³/mol. The maximum absolute atomic E-state index is 12.5. The second-order valence-electron chi connectivity index (χ2n) is 8.01. The van der Waals surface area contributed by atoms with Crippen molar-refractivity contribution in [3.05, 3.63) is 29.8 Å². The van der Waals surface area contributed by atoms with E-state index in [1.165, 1.54) is 13.5 Å². The number of ether oxygens (including phenoxy) is 2. The molecule has 6 nitrogen and oxygen atoms in total. The average molecular weight is 387 g/mol. The summed E-state index contributed by atoms with van der Waals surface area (Å²) in [6.45, 7) is 4.47. The van der Waals surface area contributed by atoms with Crippen molar-refractivity contribution in [1.29, 1.82) is 0 Å². The van der Waals surface area contributed by atoms with Crippen LogP contribution < -0.4 is 4.74 Å². The van der Waals surface area contributed by atoms with E-state index in [1.54, 1.807) is 24.3 Å². The van der Waals surface area contributed by atoms with E-state index in [4.69, 9.17) is 9.47 Å². The number of methoxy groups -OCH3 is 1. The lowest BCUT2D eigenvalue weighted by Gasteiger charge is -2.39. The molecular weight excluding hydrogens is 358 g/mol. The van der Waals surface area contributed by atoms with Crippen molar-refractivity contribution in [3.8, 4) is 5.75 Å². The van der Waals surface area contributed by atoms with Gasteiger partial charge in [0.25, 0.3) is 0 Å². The Labute approximate surface area is 166 Å². The Hall–Kier alpha value is -2.37. The Morgan fingerprint density at radius 3 is 2.68 bits per heavy atom. The second kappa shape index (κ2) is 8.76. The molecule has 152 valence electrons. The first kappa shape index (κ1) is 20.4. The number of hydrogen-bond donors (Lipinski definition) is 0. The zero-order valence-electron chi connectivity index (χ0n) is 16.8. The molecule has 1 amide bonds. The highest BCUT2D eigenvalue weighted by molar-refractivity contribution is 6.00. The van der Waals surface area contributed by atoms with E-state index in [0.717, 1.165) is 12.8 Å². The van der Waals surface area contributed by atoms with Crippen molar-refractivity contribution in [3.63, 3.8) is 0 Å². The van der Waals surface area contributed by atoms with Gasteiger partial charge in [-0.1, -0.05) is 38.8 Å². The van der Waals surface area contributed by atoms with E-state index in [-0.39, 0.29) is 30.8 Å². The van der Waals surface area contributed by atoms with Crippen LogP contribution in [0.15, 0.2) is 24.3 Å². The van der Waals surface area contributed by atoms with Crippen molar-refractivity contribution in [2.45, 2.75) is 45.6 Å². The highest BCUT2D eigenvalue weighted by Gasteiger charge is 2.42. The summed E-state index contributed by atoms with van der Waals surface area (Å²) < 4.78 is 10.4. The average Bonchev–Trinajstić information content (AvgIpc) is 3.09. The summed E-state index contributed by atoms with van der Waals surface area (Å²) >= 11 is 0. The molecule has 1 saturated heterocycles. The molecule has 1 aromatic carbocycles. The molecular formula is C22H29NO5. The number of likely N-dealkylation sites (tertiary alicyclic amines) is 1. The SMILES string of the molecule is COc1ccccc1C(=O)COC(=O)[C@@H]1CC(=O)N([C@@H]2CCC[C@@H](C)[C@H]2C)C1. The van der Waals surface area contributed by atoms with Gasteiger partial charge in [0.05, 0.1) is 18.6 Å². The number of para-hydroxylation sites is 1. The quantitative estimate of drug-likeness (QED) is 0.554. The number of amides is 1. The summed E-state index contributed by atoms with van der Waals surface area (Å²) in [4.78, 5) is 39.2. The lowest BCUT2D eigenvalue weighted by atomic mass is 9.77. The Morgan fingerprint density at radius 1 is 1.18 bits per heavy atom. The van der Waals surface area contributed by atoms with Gasteiger partial charge in [-0.15, -0.1) is 0 Å². The molecule has 1 aromatic rings. The lowest BCUT2D eigenvalue weighted by Crippen LogP contribution is -2.45. The number of hydrogen-bond acceptors (Lipinski definition) is 5. The molecule has 0 unspecified atom stereocenters. The standard InChI is InChI=1S/C22H29NO5/c1-14-7-6-9-18(15(14)2)23-12-16(11-21(23)25)22(26)28-13-19(24)17-8-4-5-10-20(17)27-3/h4-5,8,10,14-16,18H,6-7,9,11-13H2,1-3H3/t14-,15-,16-,18-/m1/s1. The molecule has 6 heteroatoms. The maximum Gasteiger partial charge on any atom is 0.311 e. The van der Waals surface area contributed by atoms with E-state index < -0.39 is 11.9 Å². The molecule has 0 radical (unpaired) electrons. The fraction of sp³-hybridized carbons (Fsp3) is 0.591. The molecule has 1 heterocycles. The third-order valence-corrected chi connectivity index (χ3v) is 6.31. The van der Waals surface area contributed by atoms with Gasteiger partial charge in [-0.3, -0.25) is 14.4 Å². The molecule has 2 aliphatic rings. The summed E-state index contributed by atoms with van der Waals surface area (Å²) in [7, 11) is 1.49. The first-order valence-corrected chi connectivity index (χ1v) is 10.0. The number of rotatable bonds is 6. The summed E-state index contributed by atoms with van der Waals surface area (Å²) in [6, 6.07) is 7.03. The summed E-state index contributed by atoms with van der Waals surface area (Å²) in [5, 5.41) is 0. The first-order chi connectivity index (χ1) is 13.4. The van der Waals surface area contributed by atoms with E-state index in [1.807, 2.05) is 4.90 Å². The van der Waals surface area contributed by atoms with E-state index in [0.29, 0.717) is 29.7 Å². The minimum absolute atomic E-state index is 0.0176. The minimum atomic E-state index is -0.498. The largest absolute Gasteiger partial charge is 0.496 e. The van der Waals surface area contributed by atoms with Crippen LogP contribution in [0.25, 0.3) is 0 Å². The van der Waals surface area contributed by atoms with E-state index in [9.17, 15) is 14.4 Å². The zero-order chi connectivity index (χ0) is 20.3. The van der Waals surface area contributed by atoms with Crippen molar-refractivity contribution >= 4 is 17.7 Å². The van der Waals surface area contributed by atoms with Crippen LogP contribution in [0.2, 0.25) is 0 Å². The Balaban J connectivity index is 1.57. The number of esters is 1. The third kappa shape index (κ3) is 4.21. The van der Waals surface area contributed by atoms with Crippen LogP contribution in [0, 0.1) is 17.8 Å². The van der Waals surface area contributed by atoms with Gasteiger partial charge in [0, 0.05) is 19.0 Å². The second-order valence-corrected chi connectivity index (χ2v) is 8.01. The van der Waals surface area contributed by atoms with Crippen LogP contribution in [0.5, 0.6) is 5.75 Å². The van der Waals surface area contributed by atoms with Crippen molar-refractivity contribution in [1.82, 2.24) is 4.90 Å². The van der Waals surface area contributed by atoms with Gasteiger partial charge < -0.3 is 14.4 Å². The summed E-state index contributed by atoms with van der Waals surface area (Å²) in [5.41, 5.74) is 0.381. The number of carbonyl (C=O) groups is 3. The van der Waals surface area contributed by atoms with Gasteiger partial charge in [0.1, 0.15) is 5.75 Å². The molecule has 0 N–H and O–H groups in total. The predicted octanol–water partition coefficient (Wildman–Crippen LogP) is 3.09. The zero-order valence-corrected chi connectivity index (χ0v) is 16.8. The Bertz CT molecular complexity index is 746. The van der Waals surface area contributed by atoms with Gasteiger partial charge in [-0.05, 0) is 30.4 Å². The van der Waals surface area contributed by atoms with Crippen LogP contribution in [0.4, 0.5) is 0 Å². The van der Waals surface area contributed by atoms with Crippen molar-refractivity contribution in [2.75, 3.05) is 20.3 Å². The minimum Gasteiger partial charge on any atom is -0.496 e. The Kier molecular flexibility index (Phi) is 6.37. The summed E-state index contributed by atoms with van der Waals surface area (Å²) in [5.74, 6) is 0.186. The first-order valence-electron chi connectivity index (χ1n) is 10.0. The lowest BCUT2D eigenvalue weighted by molar-refractivity contribution is -0.147. The molecule has 1 aliphatic heterocycles. The maximum atomic E-state index is 12.5. The molecule has 1 saturated carbocycles. The van der Waals surface area contributed by atoms with E-state index in [2.05, 4.69) is 13.8 Å². The summed E-state index contributed by atoms with van der Waals surface area (Å²) in [6.07, 6.45) is 3.46. The van der Waals surface area contributed by atoms with Crippen LogP contribution in [-0.2, 0) is 14.3 Å². The molecule has 4 atom stereocenters. The van der Waals surface area contributed by atoms with Crippen LogP contribution in [-0.4, -0.2) is 48.9 Å². The smallest absolute Gasteiger partial charge is 0.311 e. The molecule has 1 aliphatic carbocycles. The molecule has 0 bridgehead atoms. The number of benzene rings is 1. The van der Waals surface area contributed by atoms with Gasteiger partial charge in [-0.2, -0.15) is 0 Å². The fourth-order valence-corrected chi connectivity index (χ4v) is 4.41. The van der Waals surface area contributed by atoms with Crippen LogP contribution >= 0.6 is 0 Å². The normalized spacial score (nSPS) is 27.5. The van der Waals surface area contributed by atoms with Gasteiger partial charge in [0.15, 0.2) is 6.61 Å². The topological polar surface area (TPSA) is 72.9 Å². The Morgan fingerprint density at radius 2 is 1.93 bits per heavy atom. The van der Waals surface area contributed by atoms with Crippen molar-refractivity contribution < 1.29 is 23.9 Å². The van der Waals surface area contributed by atoms with Gasteiger partial charge >= 0.3 is 5.97 Å². The molecule has 0 aromatic heterocycles. The van der Waals surface area contributed by atoms with E-state index >= 15 is 0 Å². The fourth-order valence-electron chi connectivity index (χ4n) is 4.41. The highest BCUT2D eigenvalue weighted by atomic mass is 16.5. The molecule has 0 spiro atoms. The highest BCUT2D eigenvalue weighted by Crippen LogP contribution is 2.36. The number of Topliss-reactive ketones (excluding diaryl/α,β-unsaturated/α-hetero) is 1. The van der Waals surface area contributed by atoms with Gasteiger partial charge in [-0.25, -0.2) is 0 Å². The van der Waals surface area contributed by atoms with Crippen LogP contribution in [0.3, 0.4) is 0 Å². The number of carbonyl (C=O) groups excluding carboxylic acids is 3. The van der Waals surface area contributed by atoms with Crippen molar-refractivity contribution in [2.24, 2.45) is 17.8 Å². The monoisotopic (exact) mass is 387 g/mol. The van der Waals surface area contributed by atoms with Crippen LogP contribution in [0.1, 0.15) is 49.9 Å². The molecule has 2 fully saturated rings. The number of nitrogens with zero attached hydrogens (tertiary/aromatic N) is 1. The van der Waals surface area contributed by atoms with Gasteiger partial charge in [0.2, 0.25) is 11.7 Å². The number of ketones is 1. The molecule has 28 heavy (non-hydrogen) atoms. The molecule has 3 rings (SSSR count).